The van der Waals surface area contributed by atoms with Gasteiger partial charge >= 0.3 is 5.97 Å². The van der Waals surface area contributed by atoms with E-state index in [0.29, 0.717) is 16.8 Å². The molecule has 0 bridgehead atoms. The van der Waals surface area contributed by atoms with Gasteiger partial charge in [-0.2, -0.15) is 0 Å². The van der Waals surface area contributed by atoms with Crippen LogP contribution in [0.1, 0.15) is 47.1 Å². The summed E-state index contributed by atoms with van der Waals surface area (Å²) in [6, 6.07) is 10.8. The van der Waals surface area contributed by atoms with Gasteiger partial charge in [-0.3, -0.25) is 9.59 Å². The Morgan fingerprint density at radius 2 is 1.56 bits per heavy atom. The predicted octanol–water partition coefficient (Wildman–Crippen LogP) is 3.72. The third kappa shape index (κ3) is 5.17. The monoisotopic (exact) mass is 369 g/mol. The summed E-state index contributed by atoms with van der Waals surface area (Å²) in [5, 5.41) is 12.4. The number of ether oxygens (including phenoxy) is 1. The standard InChI is InChI=1S/C21H23NO5/c1-12(2)20(25)22-17-9-7-15(8-10-17)19(24)14(4)27-21(26)16-6-5-13(3)18(23)11-16/h5-12,14,23H,1-4H3,(H,22,25). The van der Waals surface area contributed by atoms with Crippen molar-refractivity contribution < 1.29 is 24.2 Å². The molecule has 27 heavy (non-hydrogen) atoms. The maximum absolute atomic E-state index is 12.5. The number of carbonyl (C=O) groups excluding carboxylic acids is 3. The fraction of sp³-hybridized carbons (Fsp3) is 0.286. The lowest BCUT2D eigenvalue weighted by Crippen LogP contribution is -2.24. The highest BCUT2D eigenvalue weighted by molar-refractivity contribution is 6.02. The number of benzene rings is 2. The molecule has 2 N–H and O–H groups in total. The number of aryl methyl sites for hydroxylation is 1. The van der Waals surface area contributed by atoms with Gasteiger partial charge in [0.2, 0.25) is 11.7 Å². The number of carbonyl (C=O) groups is 3. The topological polar surface area (TPSA) is 92.7 Å². The molecule has 0 radical (unpaired) electrons. The molecule has 0 aromatic heterocycles. The summed E-state index contributed by atoms with van der Waals surface area (Å²) in [7, 11) is 0. The molecule has 0 heterocycles. The molecule has 1 unspecified atom stereocenters. The average molecular weight is 369 g/mol. The first-order valence-electron chi connectivity index (χ1n) is 8.64. The van der Waals surface area contributed by atoms with Crippen molar-refractivity contribution in [2.45, 2.75) is 33.8 Å². The minimum Gasteiger partial charge on any atom is -0.508 e. The van der Waals surface area contributed by atoms with Crippen LogP contribution in [0.25, 0.3) is 0 Å². The molecule has 0 aliphatic carbocycles. The van der Waals surface area contributed by atoms with Crippen LogP contribution < -0.4 is 5.32 Å². The summed E-state index contributed by atoms with van der Waals surface area (Å²) in [5.41, 5.74) is 1.76. The molecular formula is C21H23NO5. The molecule has 2 aromatic carbocycles. The molecule has 1 atom stereocenters. The molecule has 6 nitrogen and oxygen atoms in total. The Kier molecular flexibility index (Phi) is 6.34. The van der Waals surface area contributed by atoms with Crippen LogP contribution in [0.2, 0.25) is 0 Å². The summed E-state index contributed by atoms with van der Waals surface area (Å²) in [6.45, 7) is 6.78. The number of amides is 1. The van der Waals surface area contributed by atoms with E-state index in [2.05, 4.69) is 5.32 Å². The number of aromatic hydroxyl groups is 1. The van der Waals surface area contributed by atoms with Gasteiger partial charge in [-0.25, -0.2) is 4.79 Å². The Hall–Kier alpha value is -3.15. The van der Waals surface area contributed by atoms with Crippen molar-refractivity contribution in [2.75, 3.05) is 5.32 Å². The van der Waals surface area contributed by atoms with Gasteiger partial charge in [0.25, 0.3) is 0 Å². The zero-order valence-electron chi connectivity index (χ0n) is 15.8. The number of hydrogen-bond donors (Lipinski definition) is 2. The zero-order chi connectivity index (χ0) is 20.1. The maximum atomic E-state index is 12.5. The number of hydrogen-bond acceptors (Lipinski definition) is 5. The first-order chi connectivity index (χ1) is 12.7. The molecule has 2 rings (SSSR count). The lowest BCUT2D eigenvalue weighted by molar-refractivity contribution is -0.118. The molecule has 0 aliphatic heterocycles. The van der Waals surface area contributed by atoms with Crippen molar-refractivity contribution in [1.29, 1.82) is 0 Å². The van der Waals surface area contributed by atoms with E-state index in [1.54, 1.807) is 51.1 Å². The van der Waals surface area contributed by atoms with Crippen LogP contribution in [0.4, 0.5) is 5.69 Å². The van der Waals surface area contributed by atoms with Gasteiger partial charge < -0.3 is 15.2 Å². The number of Topliss-reactive ketones (excluding diaryl/α,β-unsaturated/α-hetero) is 1. The van der Waals surface area contributed by atoms with Gasteiger partial charge in [-0.1, -0.05) is 19.9 Å². The zero-order valence-corrected chi connectivity index (χ0v) is 15.8. The number of phenols is 1. The van der Waals surface area contributed by atoms with Gasteiger partial charge in [0.05, 0.1) is 5.56 Å². The summed E-state index contributed by atoms with van der Waals surface area (Å²) in [4.78, 5) is 36.3. The Morgan fingerprint density at radius 1 is 0.963 bits per heavy atom. The van der Waals surface area contributed by atoms with E-state index in [-0.39, 0.29) is 28.9 Å². The third-order valence-electron chi connectivity index (χ3n) is 4.06. The van der Waals surface area contributed by atoms with Crippen molar-refractivity contribution in [3.63, 3.8) is 0 Å². The fourth-order valence-corrected chi connectivity index (χ4v) is 2.26. The predicted molar refractivity (Wildman–Crippen MR) is 102 cm³/mol. The molecule has 1 amide bonds. The molecule has 0 saturated heterocycles. The van der Waals surface area contributed by atoms with Gasteiger partial charge in [-0.05, 0) is 55.8 Å². The molecule has 2 aromatic rings. The second-order valence-electron chi connectivity index (χ2n) is 6.63. The van der Waals surface area contributed by atoms with E-state index in [4.69, 9.17) is 4.74 Å². The van der Waals surface area contributed by atoms with Gasteiger partial charge in [0.1, 0.15) is 5.75 Å². The number of phenolic OH excluding ortho intramolecular Hbond substituents is 1. The third-order valence-corrected chi connectivity index (χ3v) is 4.06. The minimum absolute atomic E-state index is 0.0116. The summed E-state index contributed by atoms with van der Waals surface area (Å²) in [6.07, 6.45) is -0.989. The van der Waals surface area contributed by atoms with Gasteiger partial charge in [0.15, 0.2) is 6.10 Å². The molecule has 6 heteroatoms. The maximum Gasteiger partial charge on any atom is 0.338 e. The normalized spacial score (nSPS) is 11.7. The largest absolute Gasteiger partial charge is 0.508 e. The van der Waals surface area contributed by atoms with Gasteiger partial charge in [0, 0.05) is 17.2 Å². The number of esters is 1. The van der Waals surface area contributed by atoms with E-state index in [0.717, 1.165) is 0 Å². The number of anilines is 1. The Balaban J connectivity index is 2.02. The Labute approximate surface area is 158 Å². The summed E-state index contributed by atoms with van der Waals surface area (Å²) in [5.74, 6) is -1.32. The highest BCUT2D eigenvalue weighted by Crippen LogP contribution is 2.19. The number of nitrogens with one attached hydrogen (secondary N) is 1. The SMILES string of the molecule is Cc1ccc(C(=O)OC(C)C(=O)c2ccc(NC(=O)C(C)C)cc2)cc1O. The summed E-state index contributed by atoms with van der Waals surface area (Å²) < 4.78 is 5.20. The smallest absolute Gasteiger partial charge is 0.338 e. The van der Waals surface area contributed by atoms with Crippen LogP contribution in [0.3, 0.4) is 0 Å². The molecule has 0 spiro atoms. The lowest BCUT2D eigenvalue weighted by atomic mass is 10.1. The van der Waals surface area contributed by atoms with Crippen LogP contribution in [0.15, 0.2) is 42.5 Å². The van der Waals surface area contributed by atoms with Crippen molar-refractivity contribution in [3.05, 3.63) is 59.2 Å². The fourth-order valence-electron chi connectivity index (χ4n) is 2.26. The quantitative estimate of drug-likeness (QED) is 0.598. The van der Waals surface area contributed by atoms with Crippen molar-refractivity contribution >= 4 is 23.3 Å². The highest BCUT2D eigenvalue weighted by Gasteiger charge is 2.21. The first kappa shape index (κ1) is 20.2. The Morgan fingerprint density at radius 3 is 2.11 bits per heavy atom. The van der Waals surface area contributed by atoms with E-state index < -0.39 is 12.1 Å². The molecule has 0 fully saturated rings. The molecular weight excluding hydrogens is 346 g/mol. The Bertz CT molecular complexity index is 855. The highest BCUT2D eigenvalue weighted by atomic mass is 16.5. The van der Waals surface area contributed by atoms with Crippen LogP contribution in [-0.2, 0) is 9.53 Å². The minimum atomic E-state index is -0.989. The molecule has 142 valence electrons. The second kappa shape index (κ2) is 8.49. The average Bonchev–Trinajstić information content (AvgIpc) is 2.63. The van der Waals surface area contributed by atoms with E-state index >= 15 is 0 Å². The van der Waals surface area contributed by atoms with Gasteiger partial charge in [-0.15, -0.1) is 0 Å². The number of ketones is 1. The van der Waals surface area contributed by atoms with Crippen LogP contribution in [0, 0.1) is 12.8 Å². The van der Waals surface area contributed by atoms with Crippen molar-refractivity contribution in [2.24, 2.45) is 5.92 Å². The van der Waals surface area contributed by atoms with Crippen LogP contribution in [0.5, 0.6) is 5.75 Å². The van der Waals surface area contributed by atoms with Crippen LogP contribution in [-0.4, -0.2) is 28.9 Å². The molecule has 0 saturated carbocycles. The van der Waals surface area contributed by atoms with Crippen molar-refractivity contribution in [1.82, 2.24) is 0 Å². The van der Waals surface area contributed by atoms with Crippen LogP contribution >= 0.6 is 0 Å². The van der Waals surface area contributed by atoms with E-state index in [1.807, 2.05) is 0 Å². The van der Waals surface area contributed by atoms with E-state index in [1.165, 1.54) is 19.1 Å². The number of rotatable bonds is 6. The second-order valence-corrected chi connectivity index (χ2v) is 6.63. The van der Waals surface area contributed by atoms with Crippen molar-refractivity contribution in [3.8, 4) is 5.75 Å². The lowest BCUT2D eigenvalue weighted by Gasteiger charge is -2.13. The molecule has 0 aliphatic rings. The van der Waals surface area contributed by atoms with E-state index in [9.17, 15) is 19.5 Å². The summed E-state index contributed by atoms with van der Waals surface area (Å²) >= 11 is 0. The first-order valence-corrected chi connectivity index (χ1v) is 8.64.